The van der Waals surface area contributed by atoms with E-state index in [1.165, 1.54) is 0 Å². The van der Waals surface area contributed by atoms with E-state index >= 15 is 0 Å². The Balaban J connectivity index is 3.52. The van der Waals surface area contributed by atoms with Gasteiger partial charge >= 0.3 is 6.11 Å². The molecule has 0 bridgehead atoms. The summed E-state index contributed by atoms with van der Waals surface area (Å²) in [5, 5.41) is -2.49. The molecular formula is C7H12BrF3O2. The molecule has 2 nitrogen and oxygen atoms in total. The summed E-state index contributed by atoms with van der Waals surface area (Å²) in [6, 6.07) is 0. The average Bonchev–Trinajstić information content (AvgIpc) is 1.97. The van der Waals surface area contributed by atoms with E-state index in [0.29, 0.717) is 0 Å². The summed E-state index contributed by atoms with van der Waals surface area (Å²) in [5.41, 5.74) is 0. The Labute approximate surface area is 83.5 Å². The van der Waals surface area contributed by atoms with E-state index in [2.05, 4.69) is 20.7 Å². The third-order valence-corrected chi connectivity index (χ3v) is 1.62. The highest BCUT2D eigenvalue weighted by Crippen LogP contribution is 2.26. The van der Waals surface area contributed by atoms with Crippen LogP contribution < -0.4 is 0 Å². The van der Waals surface area contributed by atoms with Crippen LogP contribution in [0, 0.1) is 0 Å². The van der Waals surface area contributed by atoms with Crippen LogP contribution in [-0.4, -0.2) is 30.5 Å². The topological polar surface area (TPSA) is 18.5 Å². The van der Waals surface area contributed by atoms with Gasteiger partial charge in [0.2, 0.25) is 5.08 Å². The van der Waals surface area contributed by atoms with Gasteiger partial charge in [-0.25, -0.2) is 4.39 Å². The van der Waals surface area contributed by atoms with E-state index in [1.807, 2.05) is 0 Å². The second-order valence-corrected chi connectivity index (χ2v) is 3.43. The summed E-state index contributed by atoms with van der Waals surface area (Å²) in [5.74, 6) is 0. The Morgan fingerprint density at radius 1 is 1.31 bits per heavy atom. The molecule has 0 fully saturated rings. The Morgan fingerprint density at radius 2 is 1.85 bits per heavy atom. The highest BCUT2D eigenvalue weighted by molar-refractivity contribution is 9.09. The monoisotopic (exact) mass is 264 g/mol. The third-order valence-electron chi connectivity index (χ3n) is 1.08. The molecule has 0 amide bonds. The average molecular weight is 265 g/mol. The zero-order valence-electron chi connectivity index (χ0n) is 7.40. The van der Waals surface area contributed by atoms with Gasteiger partial charge in [-0.15, -0.1) is 0 Å². The van der Waals surface area contributed by atoms with Crippen LogP contribution in [0.2, 0.25) is 0 Å². The molecule has 1 atom stereocenters. The van der Waals surface area contributed by atoms with Crippen LogP contribution in [0.1, 0.15) is 13.8 Å². The lowest BCUT2D eigenvalue weighted by Crippen LogP contribution is -2.30. The number of rotatable bonds is 6. The van der Waals surface area contributed by atoms with E-state index in [0.717, 1.165) is 0 Å². The van der Waals surface area contributed by atoms with Gasteiger partial charge < -0.3 is 9.47 Å². The molecule has 0 aromatic carbocycles. The van der Waals surface area contributed by atoms with Crippen molar-refractivity contribution in [3.63, 3.8) is 0 Å². The maximum atomic E-state index is 12.4. The number of ether oxygens (including phenoxy) is 2. The maximum Gasteiger partial charge on any atom is 0.397 e. The molecule has 0 saturated carbocycles. The first-order valence-electron chi connectivity index (χ1n) is 3.77. The summed E-state index contributed by atoms with van der Waals surface area (Å²) in [4.78, 5) is 0. The number of halogens is 4. The third kappa shape index (κ3) is 6.29. The van der Waals surface area contributed by atoms with Crippen LogP contribution in [-0.2, 0) is 9.47 Å². The summed E-state index contributed by atoms with van der Waals surface area (Å²) in [7, 11) is 0. The van der Waals surface area contributed by atoms with Crippen molar-refractivity contribution < 1.29 is 22.6 Å². The molecule has 0 radical (unpaired) electrons. The van der Waals surface area contributed by atoms with Crippen LogP contribution in [0.15, 0.2) is 0 Å². The van der Waals surface area contributed by atoms with Crippen LogP contribution in [0.25, 0.3) is 0 Å². The molecule has 0 N–H and O–H groups in total. The van der Waals surface area contributed by atoms with Gasteiger partial charge in [0.05, 0.1) is 19.3 Å². The van der Waals surface area contributed by atoms with Gasteiger partial charge in [-0.1, -0.05) is 0 Å². The predicted molar refractivity (Wildman–Crippen MR) is 45.8 cm³/mol. The molecular weight excluding hydrogens is 253 g/mol. The predicted octanol–water partition coefficient (Wildman–Crippen LogP) is 2.71. The molecule has 0 aliphatic carbocycles. The number of hydrogen-bond donors (Lipinski definition) is 0. The van der Waals surface area contributed by atoms with Crippen LogP contribution in [0.5, 0.6) is 0 Å². The molecule has 0 heterocycles. The molecule has 0 spiro atoms. The summed E-state index contributed by atoms with van der Waals surface area (Å²) in [6.07, 6.45) is -3.84. The Kier molecular flexibility index (Phi) is 5.91. The fraction of sp³-hybridized carbons (Fsp3) is 1.00. The van der Waals surface area contributed by atoms with Gasteiger partial charge in [0.1, 0.15) is 0 Å². The summed E-state index contributed by atoms with van der Waals surface area (Å²) < 4.78 is 45.7. The molecule has 0 rings (SSSR count). The Hall–Kier alpha value is 0.190. The largest absolute Gasteiger partial charge is 0.397 e. The minimum Gasteiger partial charge on any atom is -0.376 e. The lowest BCUT2D eigenvalue weighted by atomic mass is 10.5. The van der Waals surface area contributed by atoms with Crippen molar-refractivity contribution >= 4 is 15.9 Å². The van der Waals surface area contributed by atoms with Crippen LogP contribution in [0.3, 0.4) is 0 Å². The summed E-state index contributed by atoms with van der Waals surface area (Å²) in [6.45, 7) is 3.21. The highest BCUT2D eigenvalue weighted by Gasteiger charge is 2.39. The van der Waals surface area contributed by atoms with Crippen molar-refractivity contribution in [3.8, 4) is 0 Å². The highest BCUT2D eigenvalue weighted by atomic mass is 79.9. The van der Waals surface area contributed by atoms with Gasteiger partial charge in [-0.2, -0.15) is 8.78 Å². The lowest BCUT2D eigenvalue weighted by molar-refractivity contribution is -0.258. The normalized spacial score (nSPS) is 15.0. The SMILES string of the molecule is CC(C)OCCOC(F)(F)C(F)Br. The first-order chi connectivity index (χ1) is 5.86. The van der Waals surface area contributed by atoms with E-state index in [-0.39, 0.29) is 19.3 Å². The molecule has 13 heavy (non-hydrogen) atoms. The van der Waals surface area contributed by atoms with E-state index in [9.17, 15) is 13.2 Å². The minimum absolute atomic E-state index is 0.0208. The quantitative estimate of drug-likeness (QED) is 0.543. The molecule has 0 aromatic rings. The van der Waals surface area contributed by atoms with Gasteiger partial charge in [0.25, 0.3) is 0 Å². The molecule has 0 aliphatic heterocycles. The van der Waals surface area contributed by atoms with Crippen LogP contribution in [0.4, 0.5) is 13.2 Å². The van der Waals surface area contributed by atoms with Crippen molar-refractivity contribution in [2.24, 2.45) is 0 Å². The molecule has 1 unspecified atom stereocenters. The van der Waals surface area contributed by atoms with Crippen molar-refractivity contribution in [1.82, 2.24) is 0 Å². The Bertz CT molecular complexity index is 142. The second-order valence-electron chi connectivity index (χ2n) is 2.63. The van der Waals surface area contributed by atoms with E-state index < -0.39 is 11.2 Å². The minimum atomic E-state index is -3.79. The lowest BCUT2D eigenvalue weighted by Gasteiger charge is -2.17. The van der Waals surface area contributed by atoms with Crippen molar-refractivity contribution in [2.45, 2.75) is 31.1 Å². The molecule has 6 heteroatoms. The smallest absolute Gasteiger partial charge is 0.376 e. The van der Waals surface area contributed by atoms with Crippen molar-refractivity contribution in [1.29, 1.82) is 0 Å². The van der Waals surface area contributed by atoms with Gasteiger partial charge in [0, 0.05) is 0 Å². The van der Waals surface area contributed by atoms with Crippen molar-refractivity contribution in [3.05, 3.63) is 0 Å². The maximum absolute atomic E-state index is 12.4. The first kappa shape index (κ1) is 13.2. The summed E-state index contributed by atoms with van der Waals surface area (Å²) >= 11 is 2.09. The van der Waals surface area contributed by atoms with Gasteiger partial charge in [0.15, 0.2) is 0 Å². The number of alkyl halides is 4. The Morgan fingerprint density at radius 3 is 2.23 bits per heavy atom. The standard InChI is InChI=1S/C7H12BrF3O2/c1-5(2)12-3-4-13-7(10,11)6(8)9/h5-6H,3-4H2,1-2H3. The molecule has 0 aliphatic rings. The fourth-order valence-corrected chi connectivity index (χ4v) is 0.657. The van der Waals surface area contributed by atoms with Gasteiger partial charge in [-0.3, -0.25) is 0 Å². The zero-order chi connectivity index (χ0) is 10.5. The van der Waals surface area contributed by atoms with Crippen LogP contribution >= 0.6 is 15.9 Å². The van der Waals surface area contributed by atoms with E-state index in [1.54, 1.807) is 13.8 Å². The molecule has 0 saturated heterocycles. The zero-order valence-corrected chi connectivity index (χ0v) is 8.98. The molecule has 80 valence electrons. The second kappa shape index (κ2) is 5.82. The number of hydrogen-bond acceptors (Lipinski definition) is 2. The fourth-order valence-electron chi connectivity index (χ4n) is 0.525. The van der Waals surface area contributed by atoms with E-state index in [4.69, 9.17) is 4.74 Å². The first-order valence-corrected chi connectivity index (χ1v) is 4.69. The van der Waals surface area contributed by atoms with Crippen molar-refractivity contribution in [2.75, 3.05) is 13.2 Å². The van der Waals surface area contributed by atoms with Gasteiger partial charge in [-0.05, 0) is 29.8 Å². The molecule has 0 aromatic heterocycles.